The molecule has 0 atom stereocenters. The molecule has 0 fully saturated rings. The van der Waals surface area contributed by atoms with Crippen molar-refractivity contribution in [3.8, 4) is 11.5 Å². The van der Waals surface area contributed by atoms with Gasteiger partial charge in [0.2, 0.25) is 0 Å². The van der Waals surface area contributed by atoms with Crippen molar-refractivity contribution in [2.45, 2.75) is 13.1 Å². The molecule has 0 radical (unpaired) electrons. The van der Waals surface area contributed by atoms with Crippen LogP contribution in [-0.2, 0) is 17.9 Å². The highest BCUT2D eigenvalue weighted by Gasteiger charge is 2.21. The van der Waals surface area contributed by atoms with Crippen LogP contribution in [0, 0.1) is 5.82 Å². The fraction of sp³-hybridized carbons (Fsp3) is 0.167. The maximum atomic E-state index is 13.6. The van der Waals surface area contributed by atoms with Crippen LogP contribution in [0.3, 0.4) is 0 Å². The van der Waals surface area contributed by atoms with E-state index in [-0.39, 0.29) is 36.1 Å². The molecule has 1 amide bonds. The lowest BCUT2D eigenvalue weighted by Gasteiger charge is -2.24. The van der Waals surface area contributed by atoms with Crippen LogP contribution in [0.4, 0.5) is 4.39 Å². The molecule has 0 aliphatic heterocycles. The third-order valence-corrected chi connectivity index (χ3v) is 5.10. The molecule has 0 heterocycles. The molecule has 3 rings (SSSR count). The van der Waals surface area contributed by atoms with E-state index in [4.69, 9.17) is 9.47 Å². The lowest BCUT2D eigenvalue weighted by Crippen LogP contribution is -2.34. The summed E-state index contributed by atoms with van der Waals surface area (Å²) in [4.78, 5) is 26.2. The van der Waals surface area contributed by atoms with Crippen molar-refractivity contribution < 1.29 is 28.6 Å². The lowest BCUT2D eigenvalue weighted by atomic mass is 10.1. The topological polar surface area (TPSA) is 76.1 Å². The van der Waals surface area contributed by atoms with Gasteiger partial charge in [-0.25, -0.2) is 9.18 Å². The van der Waals surface area contributed by atoms with Crippen molar-refractivity contribution >= 4 is 27.8 Å². The van der Waals surface area contributed by atoms with E-state index in [2.05, 4.69) is 15.9 Å². The second-order valence-electron chi connectivity index (χ2n) is 6.94. The molecule has 3 aromatic rings. The Kier molecular flexibility index (Phi) is 7.83. The van der Waals surface area contributed by atoms with E-state index in [1.807, 2.05) is 30.3 Å². The fourth-order valence-corrected chi connectivity index (χ4v) is 3.58. The van der Waals surface area contributed by atoms with Crippen LogP contribution < -0.4 is 9.47 Å². The second kappa shape index (κ2) is 10.8. The Labute approximate surface area is 193 Å². The molecule has 0 unspecified atom stereocenters. The minimum atomic E-state index is -1.21. The van der Waals surface area contributed by atoms with E-state index >= 15 is 0 Å². The molecule has 8 heteroatoms. The predicted molar refractivity (Wildman–Crippen MR) is 120 cm³/mol. The van der Waals surface area contributed by atoms with Gasteiger partial charge in [-0.2, -0.15) is 0 Å². The minimum Gasteiger partial charge on any atom is -0.493 e. The average Bonchev–Trinajstić information content (AvgIpc) is 2.77. The van der Waals surface area contributed by atoms with Crippen molar-refractivity contribution in [2.75, 3.05) is 13.7 Å². The van der Waals surface area contributed by atoms with E-state index in [9.17, 15) is 19.1 Å². The van der Waals surface area contributed by atoms with Gasteiger partial charge in [0.1, 0.15) is 11.4 Å². The standard InChI is InChI=1S/C24H21BrFNO5/c1-31-21-12-18(25)11-20(24(29)30)23(21)32-15-22(28)27(13-16-6-3-2-4-7-16)14-17-8-5-9-19(26)10-17/h2-12H,13-15H2,1H3,(H,29,30). The van der Waals surface area contributed by atoms with Gasteiger partial charge in [0.25, 0.3) is 5.91 Å². The summed E-state index contributed by atoms with van der Waals surface area (Å²) in [7, 11) is 1.38. The molecule has 166 valence electrons. The number of halogens is 2. The number of carbonyl (C=O) groups excluding carboxylic acids is 1. The zero-order valence-corrected chi connectivity index (χ0v) is 18.8. The van der Waals surface area contributed by atoms with Crippen LogP contribution >= 0.6 is 15.9 Å². The van der Waals surface area contributed by atoms with Crippen LogP contribution in [0.15, 0.2) is 71.2 Å². The summed E-state index contributed by atoms with van der Waals surface area (Å²) < 4.78 is 25.0. The molecule has 0 spiro atoms. The molecular weight excluding hydrogens is 481 g/mol. The van der Waals surface area contributed by atoms with Crippen molar-refractivity contribution in [3.63, 3.8) is 0 Å². The number of hydrogen-bond acceptors (Lipinski definition) is 4. The van der Waals surface area contributed by atoms with Gasteiger partial charge in [0.05, 0.1) is 7.11 Å². The van der Waals surface area contributed by atoms with Crippen LogP contribution in [0.1, 0.15) is 21.5 Å². The quantitative estimate of drug-likeness (QED) is 0.451. The Balaban J connectivity index is 1.83. The van der Waals surface area contributed by atoms with Crippen molar-refractivity contribution in [1.82, 2.24) is 4.90 Å². The van der Waals surface area contributed by atoms with E-state index in [0.717, 1.165) is 5.56 Å². The number of amides is 1. The second-order valence-corrected chi connectivity index (χ2v) is 7.86. The summed E-state index contributed by atoms with van der Waals surface area (Å²) in [5.74, 6) is -1.85. The van der Waals surface area contributed by atoms with Crippen LogP contribution in [0.25, 0.3) is 0 Å². The zero-order valence-electron chi connectivity index (χ0n) is 17.3. The Morgan fingerprint density at radius 3 is 2.34 bits per heavy atom. The minimum absolute atomic E-state index is 0.0398. The third-order valence-electron chi connectivity index (χ3n) is 4.64. The molecule has 0 aliphatic rings. The summed E-state index contributed by atoms with van der Waals surface area (Å²) in [6.07, 6.45) is 0. The normalized spacial score (nSPS) is 10.5. The Hall–Kier alpha value is -3.39. The molecule has 6 nitrogen and oxygen atoms in total. The number of ether oxygens (including phenoxy) is 2. The Morgan fingerprint density at radius 2 is 1.69 bits per heavy atom. The average molecular weight is 502 g/mol. The molecule has 0 aliphatic carbocycles. The first kappa shape index (κ1) is 23.3. The summed E-state index contributed by atoms with van der Waals surface area (Å²) in [6.45, 7) is 0.0291. The van der Waals surface area contributed by atoms with Crippen molar-refractivity contribution in [1.29, 1.82) is 0 Å². The number of aromatic carboxylic acids is 1. The van der Waals surface area contributed by atoms with Gasteiger partial charge >= 0.3 is 5.97 Å². The number of carbonyl (C=O) groups is 2. The number of methoxy groups -OCH3 is 1. The van der Waals surface area contributed by atoms with Crippen molar-refractivity contribution in [2.24, 2.45) is 0 Å². The van der Waals surface area contributed by atoms with Gasteiger partial charge in [-0.15, -0.1) is 0 Å². The largest absolute Gasteiger partial charge is 0.493 e. The number of rotatable bonds is 9. The summed E-state index contributed by atoms with van der Waals surface area (Å²) in [6, 6.07) is 18.3. The van der Waals surface area contributed by atoms with Crippen molar-refractivity contribution in [3.05, 3.63) is 93.7 Å². The molecular formula is C24H21BrFNO5. The summed E-state index contributed by atoms with van der Waals surface area (Å²) >= 11 is 3.23. The number of carboxylic acids is 1. The number of carboxylic acid groups (broad SMARTS) is 1. The van der Waals surface area contributed by atoms with E-state index in [0.29, 0.717) is 10.0 Å². The summed E-state index contributed by atoms with van der Waals surface area (Å²) in [5.41, 5.74) is 1.38. The number of benzene rings is 3. The fourth-order valence-electron chi connectivity index (χ4n) is 3.14. The van der Waals surface area contributed by atoms with Crippen LogP contribution in [0.2, 0.25) is 0 Å². The maximum Gasteiger partial charge on any atom is 0.339 e. The highest BCUT2D eigenvalue weighted by Crippen LogP contribution is 2.35. The van der Waals surface area contributed by atoms with E-state index in [1.165, 1.54) is 30.2 Å². The highest BCUT2D eigenvalue weighted by atomic mass is 79.9. The van der Waals surface area contributed by atoms with Crippen LogP contribution in [0.5, 0.6) is 11.5 Å². The number of hydrogen-bond donors (Lipinski definition) is 1. The van der Waals surface area contributed by atoms with Gasteiger partial charge in [0, 0.05) is 17.6 Å². The van der Waals surface area contributed by atoms with Gasteiger partial charge < -0.3 is 19.5 Å². The van der Waals surface area contributed by atoms with E-state index in [1.54, 1.807) is 18.2 Å². The third kappa shape index (κ3) is 6.07. The highest BCUT2D eigenvalue weighted by molar-refractivity contribution is 9.10. The van der Waals surface area contributed by atoms with Crippen LogP contribution in [-0.4, -0.2) is 35.6 Å². The van der Waals surface area contributed by atoms with Gasteiger partial charge in [0.15, 0.2) is 18.1 Å². The Bertz CT molecular complexity index is 1110. The SMILES string of the molecule is COc1cc(Br)cc(C(=O)O)c1OCC(=O)N(Cc1ccccc1)Cc1cccc(F)c1. The van der Waals surface area contributed by atoms with Gasteiger partial charge in [-0.05, 0) is 35.4 Å². The number of nitrogens with zero attached hydrogens (tertiary/aromatic N) is 1. The monoisotopic (exact) mass is 501 g/mol. The van der Waals surface area contributed by atoms with Gasteiger partial charge in [-0.3, -0.25) is 4.79 Å². The molecule has 1 N–H and O–H groups in total. The Morgan fingerprint density at radius 1 is 1.00 bits per heavy atom. The first-order chi connectivity index (χ1) is 15.4. The van der Waals surface area contributed by atoms with Gasteiger partial charge in [-0.1, -0.05) is 58.4 Å². The lowest BCUT2D eigenvalue weighted by molar-refractivity contribution is -0.134. The zero-order chi connectivity index (χ0) is 23.1. The molecule has 0 saturated carbocycles. The molecule has 32 heavy (non-hydrogen) atoms. The first-order valence-electron chi connectivity index (χ1n) is 9.67. The summed E-state index contributed by atoms with van der Waals surface area (Å²) in [5, 5.41) is 9.51. The predicted octanol–water partition coefficient (Wildman–Crippen LogP) is 4.90. The maximum absolute atomic E-state index is 13.6. The van der Waals surface area contributed by atoms with E-state index < -0.39 is 18.4 Å². The molecule has 0 saturated heterocycles. The smallest absolute Gasteiger partial charge is 0.339 e. The molecule has 0 aromatic heterocycles. The molecule has 3 aromatic carbocycles. The first-order valence-corrected chi connectivity index (χ1v) is 10.5. The molecule has 0 bridgehead atoms.